The van der Waals surface area contributed by atoms with Crippen molar-refractivity contribution in [2.24, 2.45) is 0 Å². The number of imidazole rings is 1. The Morgan fingerprint density at radius 3 is 2.73 bits per heavy atom. The van der Waals surface area contributed by atoms with Crippen molar-refractivity contribution >= 4 is 28.5 Å². The summed E-state index contributed by atoms with van der Waals surface area (Å²) in [5, 5.41) is 7.64. The lowest BCUT2D eigenvalue weighted by Crippen LogP contribution is -2.43. The number of pyridine rings is 1. The van der Waals surface area contributed by atoms with Gasteiger partial charge in [-0.2, -0.15) is 4.98 Å². The average molecular weight is 401 g/mol. The molecule has 0 bridgehead atoms. The summed E-state index contributed by atoms with van der Waals surface area (Å²) in [5.74, 6) is 2.29. The highest BCUT2D eigenvalue weighted by Gasteiger charge is 2.21. The predicted octanol–water partition coefficient (Wildman–Crippen LogP) is 2.17. The molecule has 0 aromatic carbocycles. The Labute approximate surface area is 173 Å². The first kappa shape index (κ1) is 17.4. The van der Waals surface area contributed by atoms with Crippen LogP contribution in [0.4, 0.5) is 17.5 Å². The van der Waals surface area contributed by atoms with Gasteiger partial charge in [0.2, 0.25) is 5.95 Å². The summed E-state index contributed by atoms with van der Waals surface area (Å²) in [6.07, 6.45) is 5.88. The Morgan fingerprint density at radius 2 is 1.90 bits per heavy atom. The fourth-order valence-corrected chi connectivity index (χ4v) is 4.33. The summed E-state index contributed by atoms with van der Waals surface area (Å²) in [7, 11) is 0. The molecule has 1 saturated heterocycles. The van der Waals surface area contributed by atoms with Gasteiger partial charge in [0, 0.05) is 57.0 Å². The molecule has 6 rings (SSSR count). The lowest BCUT2D eigenvalue weighted by Gasteiger charge is -2.29. The zero-order chi connectivity index (χ0) is 20.1. The third kappa shape index (κ3) is 2.89. The molecule has 4 aromatic rings. The second-order valence-corrected chi connectivity index (χ2v) is 7.82. The third-order valence-electron chi connectivity index (χ3n) is 5.80. The van der Waals surface area contributed by atoms with E-state index in [9.17, 15) is 0 Å². The van der Waals surface area contributed by atoms with Gasteiger partial charge in [-0.3, -0.25) is 0 Å². The van der Waals surface area contributed by atoms with E-state index in [1.165, 1.54) is 0 Å². The molecule has 9 heteroatoms. The van der Waals surface area contributed by atoms with Gasteiger partial charge in [0.25, 0.3) is 0 Å². The van der Waals surface area contributed by atoms with Crippen molar-refractivity contribution in [1.82, 2.24) is 34.4 Å². The Balaban J connectivity index is 1.28. The Morgan fingerprint density at radius 1 is 1.00 bits per heavy atom. The minimum atomic E-state index is 0.552. The SMILES string of the molecule is Cc1cn2c(n1)-c1cc3cnc(Nc4ccc(N5CCNCC5)cn4)nc3n1CC2. The van der Waals surface area contributed by atoms with E-state index in [-0.39, 0.29) is 0 Å². The van der Waals surface area contributed by atoms with E-state index in [2.05, 4.69) is 57.9 Å². The number of anilines is 3. The topological polar surface area (TPSA) is 88.7 Å². The second kappa shape index (κ2) is 6.81. The molecular formula is C21H23N9. The molecule has 9 nitrogen and oxygen atoms in total. The number of nitrogens with one attached hydrogen (secondary N) is 2. The zero-order valence-corrected chi connectivity index (χ0v) is 16.8. The van der Waals surface area contributed by atoms with Gasteiger partial charge < -0.3 is 24.7 Å². The molecule has 1 fully saturated rings. The van der Waals surface area contributed by atoms with Crippen LogP contribution in [0.5, 0.6) is 0 Å². The largest absolute Gasteiger partial charge is 0.368 e. The number of fused-ring (bicyclic) bond motifs is 5. The maximum atomic E-state index is 4.78. The fraction of sp³-hybridized carbons (Fsp3) is 0.333. The number of hydrogen-bond donors (Lipinski definition) is 2. The molecule has 30 heavy (non-hydrogen) atoms. The molecule has 0 aliphatic carbocycles. The van der Waals surface area contributed by atoms with Crippen LogP contribution in [0, 0.1) is 6.92 Å². The van der Waals surface area contributed by atoms with Gasteiger partial charge in [-0.1, -0.05) is 0 Å². The highest BCUT2D eigenvalue weighted by Crippen LogP contribution is 2.30. The van der Waals surface area contributed by atoms with Crippen LogP contribution < -0.4 is 15.5 Å². The summed E-state index contributed by atoms with van der Waals surface area (Å²) >= 11 is 0. The van der Waals surface area contributed by atoms with Crippen molar-refractivity contribution < 1.29 is 0 Å². The lowest BCUT2D eigenvalue weighted by atomic mass is 10.3. The van der Waals surface area contributed by atoms with Crippen molar-refractivity contribution in [1.29, 1.82) is 0 Å². The van der Waals surface area contributed by atoms with E-state index in [4.69, 9.17) is 4.98 Å². The van der Waals surface area contributed by atoms with E-state index >= 15 is 0 Å². The van der Waals surface area contributed by atoms with E-state index < -0.39 is 0 Å². The van der Waals surface area contributed by atoms with Crippen LogP contribution in [0.15, 0.2) is 36.8 Å². The van der Waals surface area contributed by atoms with Crippen LogP contribution in [-0.4, -0.2) is 55.2 Å². The standard InChI is InChI=1S/C21H23N9/c1-14-13-29-8-9-30-17(20(29)25-14)10-15-11-24-21(27-19(15)30)26-18-3-2-16(12-23-18)28-6-4-22-5-7-28/h2-3,10-13,22H,4-9H2,1H3,(H,23,24,26,27). The normalized spacial score (nSPS) is 15.8. The molecule has 0 unspecified atom stereocenters. The van der Waals surface area contributed by atoms with E-state index in [0.717, 1.165) is 79.0 Å². The van der Waals surface area contributed by atoms with E-state index in [0.29, 0.717) is 5.95 Å². The van der Waals surface area contributed by atoms with Gasteiger partial charge in [0.1, 0.15) is 11.5 Å². The van der Waals surface area contributed by atoms with Crippen LogP contribution in [0.1, 0.15) is 5.69 Å². The van der Waals surface area contributed by atoms with E-state index in [1.54, 1.807) is 0 Å². The number of nitrogens with zero attached hydrogens (tertiary/aromatic N) is 7. The van der Waals surface area contributed by atoms with Gasteiger partial charge in [0.15, 0.2) is 5.82 Å². The summed E-state index contributed by atoms with van der Waals surface area (Å²) < 4.78 is 4.44. The molecule has 0 atom stereocenters. The molecule has 152 valence electrons. The monoisotopic (exact) mass is 401 g/mol. The average Bonchev–Trinajstić information content (AvgIpc) is 3.34. The Bertz CT molecular complexity index is 1220. The number of rotatable bonds is 3. The molecule has 0 saturated carbocycles. The van der Waals surface area contributed by atoms with Crippen LogP contribution in [0.25, 0.3) is 22.6 Å². The molecule has 2 aliphatic heterocycles. The van der Waals surface area contributed by atoms with Crippen LogP contribution in [-0.2, 0) is 13.1 Å². The van der Waals surface area contributed by atoms with Gasteiger partial charge in [-0.15, -0.1) is 0 Å². The van der Waals surface area contributed by atoms with E-state index in [1.807, 2.05) is 25.4 Å². The molecule has 0 radical (unpaired) electrons. The lowest BCUT2D eigenvalue weighted by molar-refractivity contribution is 0.565. The van der Waals surface area contributed by atoms with Crippen molar-refractivity contribution in [2.75, 3.05) is 36.4 Å². The first-order valence-electron chi connectivity index (χ1n) is 10.3. The fourth-order valence-electron chi connectivity index (χ4n) is 4.33. The molecule has 0 spiro atoms. The van der Waals surface area contributed by atoms with Crippen LogP contribution in [0.3, 0.4) is 0 Å². The van der Waals surface area contributed by atoms with Crippen molar-refractivity contribution in [3.8, 4) is 11.5 Å². The van der Waals surface area contributed by atoms with Gasteiger partial charge >= 0.3 is 0 Å². The summed E-state index contributed by atoms with van der Waals surface area (Å²) in [6, 6.07) is 6.20. The first-order chi connectivity index (χ1) is 14.7. The second-order valence-electron chi connectivity index (χ2n) is 7.82. The number of piperazine rings is 1. The zero-order valence-electron chi connectivity index (χ0n) is 16.8. The smallest absolute Gasteiger partial charge is 0.230 e. The molecule has 2 N–H and O–H groups in total. The summed E-state index contributed by atoms with van der Waals surface area (Å²) in [6.45, 7) is 7.83. The first-order valence-corrected chi connectivity index (χ1v) is 10.3. The van der Waals surface area contributed by atoms with Gasteiger partial charge in [0.05, 0.1) is 23.3 Å². The number of aromatic nitrogens is 6. The highest BCUT2D eigenvalue weighted by molar-refractivity contribution is 5.83. The summed E-state index contributed by atoms with van der Waals surface area (Å²) in [5.41, 5.74) is 4.19. The number of hydrogen-bond acceptors (Lipinski definition) is 7. The maximum Gasteiger partial charge on any atom is 0.230 e. The van der Waals surface area contributed by atoms with Crippen molar-refractivity contribution in [3.63, 3.8) is 0 Å². The molecular weight excluding hydrogens is 378 g/mol. The maximum absolute atomic E-state index is 4.78. The number of aryl methyl sites for hydroxylation is 3. The molecule has 0 amide bonds. The Hall–Kier alpha value is -3.46. The van der Waals surface area contributed by atoms with Gasteiger partial charge in [-0.05, 0) is 25.1 Å². The molecule has 2 aliphatic rings. The Kier molecular flexibility index (Phi) is 3.95. The molecule has 4 aromatic heterocycles. The minimum absolute atomic E-state index is 0.552. The van der Waals surface area contributed by atoms with Crippen molar-refractivity contribution in [2.45, 2.75) is 20.0 Å². The van der Waals surface area contributed by atoms with Gasteiger partial charge in [-0.25, -0.2) is 15.0 Å². The van der Waals surface area contributed by atoms with Crippen molar-refractivity contribution in [3.05, 3.63) is 42.5 Å². The van der Waals surface area contributed by atoms with Crippen LogP contribution in [0.2, 0.25) is 0 Å². The van der Waals surface area contributed by atoms with Crippen LogP contribution >= 0.6 is 0 Å². The minimum Gasteiger partial charge on any atom is -0.368 e. The highest BCUT2D eigenvalue weighted by atomic mass is 15.2. The third-order valence-corrected chi connectivity index (χ3v) is 5.80. The predicted molar refractivity (Wildman–Crippen MR) is 116 cm³/mol. The molecule has 6 heterocycles. The summed E-state index contributed by atoms with van der Waals surface area (Å²) in [4.78, 5) is 20.9. The quantitative estimate of drug-likeness (QED) is 0.544.